The minimum absolute atomic E-state index is 0.0655. The van der Waals surface area contributed by atoms with Crippen LogP contribution in [0.4, 0.5) is 5.82 Å². The van der Waals surface area contributed by atoms with Crippen molar-refractivity contribution >= 4 is 17.4 Å². The number of aliphatic hydroxyl groups is 1. The Bertz CT molecular complexity index is 360. The van der Waals surface area contributed by atoms with Crippen molar-refractivity contribution in [2.45, 2.75) is 25.7 Å². The van der Waals surface area contributed by atoms with Crippen molar-refractivity contribution in [1.29, 1.82) is 0 Å². The van der Waals surface area contributed by atoms with Crippen molar-refractivity contribution in [3.63, 3.8) is 0 Å². The van der Waals surface area contributed by atoms with E-state index in [1.54, 1.807) is 6.20 Å². The molecule has 0 spiro atoms. The molecule has 0 saturated heterocycles. The fourth-order valence-electron chi connectivity index (χ4n) is 2.67. The van der Waals surface area contributed by atoms with E-state index in [1.807, 2.05) is 19.2 Å². The second-order valence-electron chi connectivity index (χ2n) is 5.06. The van der Waals surface area contributed by atoms with Crippen LogP contribution in [-0.2, 0) is 0 Å². The first-order valence-corrected chi connectivity index (χ1v) is 6.47. The average Bonchev–Trinajstić information content (AvgIpc) is 2.79. The molecule has 0 radical (unpaired) electrons. The fourth-order valence-corrected chi connectivity index (χ4v) is 2.78. The number of hydrogen-bond donors (Lipinski definition) is 1. The number of anilines is 1. The van der Waals surface area contributed by atoms with Crippen LogP contribution in [0, 0.1) is 5.41 Å². The molecule has 0 amide bonds. The minimum Gasteiger partial charge on any atom is -0.396 e. The van der Waals surface area contributed by atoms with Crippen LogP contribution >= 0.6 is 11.6 Å². The molecule has 2 rings (SSSR count). The molecule has 3 nitrogen and oxygen atoms in total. The summed E-state index contributed by atoms with van der Waals surface area (Å²) in [4.78, 5) is 6.41. The van der Waals surface area contributed by atoms with Gasteiger partial charge in [-0.1, -0.05) is 24.4 Å². The zero-order valence-corrected chi connectivity index (χ0v) is 11.0. The van der Waals surface area contributed by atoms with Crippen molar-refractivity contribution in [2.24, 2.45) is 5.41 Å². The van der Waals surface area contributed by atoms with Crippen molar-refractivity contribution in [3.05, 3.63) is 23.4 Å². The molecular weight excluding hydrogens is 236 g/mol. The highest BCUT2D eigenvalue weighted by molar-refractivity contribution is 6.30. The van der Waals surface area contributed by atoms with Gasteiger partial charge in [-0.3, -0.25) is 0 Å². The van der Waals surface area contributed by atoms with E-state index in [2.05, 4.69) is 9.88 Å². The van der Waals surface area contributed by atoms with Crippen LogP contribution in [-0.4, -0.2) is 30.3 Å². The summed E-state index contributed by atoms with van der Waals surface area (Å²) >= 11 is 5.82. The lowest BCUT2D eigenvalue weighted by Crippen LogP contribution is -2.36. The van der Waals surface area contributed by atoms with Gasteiger partial charge in [0.25, 0.3) is 0 Å². The van der Waals surface area contributed by atoms with Crippen molar-refractivity contribution < 1.29 is 5.11 Å². The molecule has 0 atom stereocenters. The van der Waals surface area contributed by atoms with Gasteiger partial charge in [-0.15, -0.1) is 0 Å². The number of aliphatic hydroxyl groups excluding tert-OH is 1. The summed E-state index contributed by atoms with van der Waals surface area (Å²) in [5.41, 5.74) is 0.0655. The smallest absolute Gasteiger partial charge is 0.128 e. The molecular formula is C13H19ClN2O. The summed E-state index contributed by atoms with van der Waals surface area (Å²) in [5.74, 6) is 0.911. The second kappa shape index (κ2) is 5.23. The topological polar surface area (TPSA) is 36.4 Å². The fraction of sp³-hybridized carbons (Fsp3) is 0.615. The summed E-state index contributed by atoms with van der Waals surface area (Å²) < 4.78 is 0. The maximum Gasteiger partial charge on any atom is 0.128 e. The van der Waals surface area contributed by atoms with E-state index in [4.69, 9.17) is 11.6 Å². The minimum atomic E-state index is 0.0655. The van der Waals surface area contributed by atoms with Crippen LogP contribution < -0.4 is 4.90 Å². The number of aromatic nitrogens is 1. The average molecular weight is 255 g/mol. The summed E-state index contributed by atoms with van der Waals surface area (Å²) in [6, 6.07) is 3.77. The van der Waals surface area contributed by atoms with E-state index in [0.29, 0.717) is 5.02 Å². The standard InChI is InChI=1S/C13H19ClN2O/c1-16(12-5-4-11(14)8-15-12)9-13(10-17)6-2-3-7-13/h4-5,8,17H,2-3,6-7,9-10H2,1H3. The predicted octanol–water partition coefficient (Wildman–Crippen LogP) is 2.72. The molecule has 0 aliphatic heterocycles. The van der Waals surface area contributed by atoms with Gasteiger partial charge in [-0.2, -0.15) is 0 Å². The van der Waals surface area contributed by atoms with Gasteiger partial charge < -0.3 is 10.0 Å². The van der Waals surface area contributed by atoms with E-state index in [0.717, 1.165) is 25.2 Å². The summed E-state index contributed by atoms with van der Waals surface area (Å²) in [6.07, 6.45) is 6.33. The lowest BCUT2D eigenvalue weighted by Gasteiger charge is -2.32. The summed E-state index contributed by atoms with van der Waals surface area (Å²) in [7, 11) is 2.02. The third-order valence-corrected chi connectivity index (χ3v) is 3.90. The molecule has 0 aromatic carbocycles. The zero-order valence-electron chi connectivity index (χ0n) is 10.2. The second-order valence-corrected chi connectivity index (χ2v) is 5.49. The quantitative estimate of drug-likeness (QED) is 0.898. The van der Waals surface area contributed by atoms with Crippen LogP contribution in [0.25, 0.3) is 0 Å². The Morgan fingerprint density at radius 1 is 1.41 bits per heavy atom. The number of halogens is 1. The molecule has 1 N–H and O–H groups in total. The van der Waals surface area contributed by atoms with Gasteiger partial charge in [-0.25, -0.2) is 4.98 Å². The maximum atomic E-state index is 9.59. The molecule has 4 heteroatoms. The highest BCUT2D eigenvalue weighted by atomic mass is 35.5. The third kappa shape index (κ3) is 2.90. The molecule has 1 aliphatic rings. The largest absolute Gasteiger partial charge is 0.396 e. The Hall–Kier alpha value is -0.800. The molecule has 0 unspecified atom stereocenters. The highest BCUT2D eigenvalue weighted by Gasteiger charge is 2.34. The van der Waals surface area contributed by atoms with Crippen molar-refractivity contribution in [1.82, 2.24) is 4.98 Å². The lowest BCUT2D eigenvalue weighted by molar-refractivity contribution is 0.137. The molecule has 1 saturated carbocycles. The van der Waals surface area contributed by atoms with Crippen LogP contribution in [0.3, 0.4) is 0 Å². The normalized spacial score (nSPS) is 18.3. The zero-order chi connectivity index (χ0) is 12.3. The van der Waals surface area contributed by atoms with Gasteiger partial charge in [0.05, 0.1) is 11.6 Å². The number of rotatable bonds is 4. The highest BCUT2D eigenvalue weighted by Crippen LogP contribution is 2.38. The molecule has 1 aliphatic carbocycles. The molecule has 1 aromatic rings. The Balaban J connectivity index is 2.05. The molecule has 1 aromatic heterocycles. The first-order valence-electron chi connectivity index (χ1n) is 6.09. The van der Waals surface area contributed by atoms with Gasteiger partial charge in [0.15, 0.2) is 0 Å². The van der Waals surface area contributed by atoms with Gasteiger partial charge in [0.1, 0.15) is 5.82 Å². The first-order chi connectivity index (χ1) is 8.15. The van der Waals surface area contributed by atoms with E-state index < -0.39 is 0 Å². The Kier molecular flexibility index (Phi) is 3.89. The number of pyridine rings is 1. The van der Waals surface area contributed by atoms with E-state index in [-0.39, 0.29) is 12.0 Å². The van der Waals surface area contributed by atoms with E-state index in [9.17, 15) is 5.11 Å². The SMILES string of the molecule is CN(CC1(CO)CCCC1)c1ccc(Cl)cn1. The third-order valence-electron chi connectivity index (χ3n) is 3.68. The molecule has 1 fully saturated rings. The predicted molar refractivity (Wildman–Crippen MR) is 70.5 cm³/mol. The molecule has 94 valence electrons. The van der Waals surface area contributed by atoms with Gasteiger partial charge in [-0.05, 0) is 25.0 Å². The lowest BCUT2D eigenvalue weighted by atomic mass is 9.87. The molecule has 0 bridgehead atoms. The Morgan fingerprint density at radius 3 is 2.65 bits per heavy atom. The van der Waals surface area contributed by atoms with Crippen LogP contribution in [0.15, 0.2) is 18.3 Å². The maximum absolute atomic E-state index is 9.59. The van der Waals surface area contributed by atoms with Gasteiger partial charge in [0, 0.05) is 25.2 Å². The van der Waals surface area contributed by atoms with Crippen LogP contribution in [0.1, 0.15) is 25.7 Å². The molecule has 1 heterocycles. The Morgan fingerprint density at radius 2 is 2.12 bits per heavy atom. The Labute approximate surface area is 107 Å². The number of nitrogens with zero attached hydrogens (tertiary/aromatic N) is 2. The van der Waals surface area contributed by atoms with Crippen molar-refractivity contribution in [3.8, 4) is 0 Å². The molecule has 17 heavy (non-hydrogen) atoms. The van der Waals surface area contributed by atoms with E-state index >= 15 is 0 Å². The number of hydrogen-bond acceptors (Lipinski definition) is 3. The first kappa shape index (κ1) is 12.7. The summed E-state index contributed by atoms with van der Waals surface area (Å²) in [6.45, 7) is 1.13. The van der Waals surface area contributed by atoms with E-state index in [1.165, 1.54) is 12.8 Å². The monoisotopic (exact) mass is 254 g/mol. The summed E-state index contributed by atoms with van der Waals surface area (Å²) in [5, 5.41) is 10.2. The van der Waals surface area contributed by atoms with Gasteiger partial charge >= 0.3 is 0 Å². The van der Waals surface area contributed by atoms with Crippen molar-refractivity contribution in [2.75, 3.05) is 25.1 Å². The van der Waals surface area contributed by atoms with Gasteiger partial charge in [0.2, 0.25) is 0 Å². The van der Waals surface area contributed by atoms with Crippen LogP contribution in [0.2, 0.25) is 5.02 Å². The van der Waals surface area contributed by atoms with Crippen LogP contribution in [0.5, 0.6) is 0 Å².